The molecule has 0 spiro atoms. The van der Waals surface area contributed by atoms with Gasteiger partial charge in [0, 0.05) is 9.37 Å². The molecule has 2 aromatic rings. The van der Waals surface area contributed by atoms with Crippen LogP contribution in [-0.4, -0.2) is 5.91 Å². The van der Waals surface area contributed by atoms with Crippen LogP contribution in [0.1, 0.15) is 15.9 Å². The molecule has 2 rings (SSSR count). The smallest absolute Gasteiger partial charge is 0.258 e. The van der Waals surface area contributed by atoms with Crippen LogP contribution in [0.4, 0.5) is 10.1 Å². The van der Waals surface area contributed by atoms with E-state index in [1.54, 1.807) is 6.07 Å². The summed E-state index contributed by atoms with van der Waals surface area (Å²) in [4.78, 5) is 12.6. The SMILES string of the molecule is Cc1cccc(NC(=O)c2cc(S)ccc2F)c1Br. The molecule has 1 amide bonds. The monoisotopic (exact) mass is 339 g/mol. The lowest BCUT2D eigenvalue weighted by molar-refractivity contribution is 0.102. The average molecular weight is 340 g/mol. The van der Waals surface area contributed by atoms with Gasteiger partial charge in [0.1, 0.15) is 5.82 Å². The summed E-state index contributed by atoms with van der Waals surface area (Å²) in [5.74, 6) is -1.07. The normalized spacial score (nSPS) is 10.3. The van der Waals surface area contributed by atoms with Crippen LogP contribution in [0, 0.1) is 12.7 Å². The fraction of sp³-hybridized carbons (Fsp3) is 0.0714. The Kier molecular flexibility index (Phi) is 4.27. The van der Waals surface area contributed by atoms with E-state index >= 15 is 0 Å². The molecule has 0 saturated carbocycles. The maximum absolute atomic E-state index is 13.6. The van der Waals surface area contributed by atoms with Crippen molar-refractivity contribution in [3.63, 3.8) is 0 Å². The van der Waals surface area contributed by atoms with Gasteiger partial charge in [-0.1, -0.05) is 12.1 Å². The number of rotatable bonds is 2. The van der Waals surface area contributed by atoms with E-state index in [0.29, 0.717) is 10.6 Å². The Bertz CT molecular complexity index is 645. The Morgan fingerprint density at radius 1 is 1.32 bits per heavy atom. The van der Waals surface area contributed by atoms with Crippen molar-refractivity contribution >= 4 is 40.2 Å². The molecule has 2 nitrogen and oxygen atoms in total. The van der Waals surface area contributed by atoms with E-state index in [-0.39, 0.29) is 5.56 Å². The summed E-state index contributed by atoms with van der Waals surface area (Å²) < 4.78 is 14.4. The molecule has 0 fully saturated rings. The van der Waals surface area contributed by atoms with E-state index in [2.05, 4.69) is 33.9 Å². The predicted molar refractivity (Wildman–Crippen MR) is 80.5 cm³/mol. The van der Waals surface area contributed by atoms with Gasteiger partial charge in [0.2, 0.25) is 0 Å². The maximum atomic E-state index is 13.6. The molecule has 19 heavy (non-hydrogen) atoms. The van der Waals surface area contributed by atoms with Crippen LogP contribution in [0.2, 0.25) is 0 Å². The first-order chi connectivity index (χ1) is 8.99. The van der Waals surface area contributed by atoms with E-state index in [9.17, 15) is 9.18 Å². The molecular weight excluding hydrogens is 329 g/mol. The maximum Gasteiger partial charge on any atom is 0.258 e. The third-order valence-corrected chi connectivity index (χ3v) is 3.97. The summed E-state index contributed by atoms with van der Waals surface area (Å²) in [5.41, 5.74) is 1.57. The van der Waals surface area contributed by atoms with Gasteiger partial charge in [-0.25, -0.2) is 4.39 Å². The largest absolute Gasteiger partial charge is 0.321 e. The minimum absolute atomic E-state index is 0.0269. The van der Waals surface area contributed by atoms with Gasteiger partial charge >= 0.3 is 0 Å². The van der Waals surface area contributed by atoms with Crippen molar-refractivity contribution in [3.05, 3.63) is 57.8 Å². The highest BCUT2D eigenvalue weighted by atomic mass is 79.9. The molecule has 0 aliphatic carbocycles. The molecule has 1 N–H and O–H groups in total. The van der Waals surface area contributed by atoms with E-state index < -0.39 is 11.7 Å². The summed E-state index contributed by atoms with van der Waals surface area (Å²) in [6.07, 6.45) is 0. The van der Waals surface area contributed by atoms with Gasteiger partial charge in [-0.05, 0) is 52.7 Å². The van der Waals surface area contributed by atoms with Gasteiger partial charge in [-0.3, -0.25) is 4.79 Å². The van der Waals surface area contributed by atoms with Crippen molar-refractivity contribution in [2.75, 3.05) is 5.32 Å². The van der Waals surface area contributed by atoms with Gasteiger partial charge < -0.3 is 5.32 Å². The zero-order valence-electron chi connectivity index (χ0n) is 10.1. The molecule has 0 aliphatic heterocycles. The second-order valence-electron chi connectivity index (χ2n) is 4.05. The van der Waals surface area contributed by atoms with Crippen molar-refractivity contribution in [2.24, 2.45) is 0 Å². The number of hydrogen-bond acceptors (Lipinski definition) is 2. The number of amides is 1. The van der Waals surface area contributed by atoms with Gasteiger partial charge in [-0.2, -0.15) is 0 Å². The number of anilines is 1. The van der Waals surface area contributed by atoms with Crippen LogP contribution in [-0.2, 0) is 0 Å². The molecule has 2 aromatic carbocycles. The zero-order valence-corrected chi connectivity index (χ0v) is 12.6. The van der Waals surface area contributed by atoms with Crippen molar-refractivity contribution in [1.82, 2.24) is 0 Å². The van der Waals surface area contributed by atoms with Crippen LogP contribution in [0.5, 0.6) is 0 Å². The van der Waals surface area contributed by atoms with Gasteiger partial charge in [0.25, 0.3) is 5.91 Å². The highest BCUT2D eigenvalue weighted by Crippen LogP contribution is 2.26. The summed E-state index contributed by atoms with van der Waals surface area (Å²) in [6, 6.07) is 9.60. The number of carbonyl (C=O) groups is 1. The summed E-state index contributed by atoms with van der Waals surface area (Å²) in [6.45, 7) is 1.91. The lowest BCUT2D eigenvalue weighted by atomic mass is 10.1. The van der Waals surface area contributed by atoms with Crippen LogP contribution >= 0.6 is 28.6 Å². The summed E-state index contributed by atoms with van der Waals surface area (Å²) in [7, 11) is 0. The van der Waals surface area contributed by atoms with E-state index in [1.165, 1.54) is 18.2 Å². The second-order valence-corrected chi connectivity index (χ2v) is 5.36. The predicted octanol–water partition coefficient (Wildman–Crippen LogP) is 4.44. The number of nitrogens with one attached hydrogen (secondary N) is 1. The zero-order chi connectivity index (χ0) is 14.0. The lowest BCUT2D eigenvalue weighted by Crippen LogP contribution is -2.14. The van der Waals surface area contributed by atoms with Gasteiger partial charge in [0.15, 0.2) is 0 Å². The third kappa shape index (κ3) is 3.16. The molecule has 5 heteroatoms. The molecule has 0 radical (unpaired) electrons. The highest BCUT2D eigenvalue weighted by Gasteiger charge is 2.13. The van der Waals surface area contributed by atoms with Crippen molar-refractivity contribution in [2.45, 2.75) is 11.8 Å². The fourth-order valence-electron chi connectivity index (χ4n) is 1.62. The Balaban J connectivity index is 2.31. The molecule has 0 aliphatic rings. The quantitative estimate of drug-likeness (QED) is 0.778. The number of benzene rings is 2. The molecule has 98 valence electrons. The molecule has 0 bridgehead atoms. The van der Waals surface area contributed by atoms with Crippen LogP contribution in [0.3, 0.4) is 0 Å². The average Bonchev–Trinajstić information content (AvgIpc) is 2.38. The fourth-order valence-corrected chi connectivity index (χ4v) is 2.19. The number of hydrogen-bond donors (Lipinski definition) is 2. The Morgan fingerprint density at radius 2 is 2.05 bits per heavy atom. The van der Waals surface area contributed by atoms with Crippen molar-refractivity contribution < 1.29 is 9.18 Å². The first-order valence-corrected chi connectivity index (χ1v) is 6.78. The Hall–Kier alpha value is -1.33. The second kappa shape index (κ2) is 5.75. The topological polar surface area (TPSA) is 29.1 Å². The number of aryl methyl sites for hydroxylation is 1. The Labute approximate surface area is 124 Å². The van der Waals surface area contributed by atoms with E-state index in [0.717, 1.165) is 10.0 Å². The summed E-state index contributed by atoms with van der Waals surface area (Å²) in [5, 5.41) is 2.68. The molecule has 0 heterocycles. The van der Waals surface area contributed by atoms with Crippen LogP contribution in [0.15, 0.2) is 45.8 Å². The number of halogens is 2. The lowest BCUT2D eigenvalue weighted by Gasteiger charge is -2.10. The standard InChI is InChI=1S/C14H11BrFNOS/c1-8-3-2-4-12(13(8)15)17-14(18)10-7-9(19)5-6-11(10)16/h2-7,19H,1H3,(H,17,18). The van der Waals surface area contributed by atoms with Crippen LogP contribution in [0.25, 0.3) is 0 Å². The first-order valence-electron chi connectivity index (χ1n) is 5.54. The summed E-state index contributed by atoms with van der Waals surface area (Å²) >= 11 is 7.49. The molecule has 0 aromatic heterocycles. The van der Waals surface area contributed by atoms with Gasteiger partial charge in [-0.15, -0.1) is 12.6 Å². The van der Waals surface area contributed by atoms with Crippen molar-refractivity contribution in [1.29, 1.82) is 0 Å². The minimum atomic E-state index is -0.570. The van der Waals surface area contributed by atoms with Gasteiger partial charge in [0.05, 0.1) is 11.3 Å². The Morgan fingerprint density at radius 3 is 2.79 bits per heavy atom. The highest BCUT2D eigenvalue weighted by molar-refractivity contribution is 9.10. The van der Waals surface area contributed by atoms with E-state index in [1.807, 2.05) is 19.1 Å². The first kappa shape index (κ1) is 14.1. The van der Waals surface area contributed by atoms with E-state index in [4.69, 9.17) is 0 Å². The van der Waals surface area contributed by atoms with Crippen LogP contribution < -0.4 is 5.32 Å². The molecule has 0 atom stereocenters. The molecule has 0 saturated heterocycles. The number of carbonyl (C=O) groups excluding carboxylic acids is 1. The van der Waals surface area contributed by atoms with Crippen molar-refractivity contribution in [3.8, 4) is 0 Å². The number of thiol groups is 1. The minimum Gasteiger partial charge on any atom is -0.321 e. The molecular formula is C14H11BrFNOS. The third-order valence-electron chi connectivity index (χ3n) is 2.63. The molecule has 0 unspecified atom stereocenters.